The molecule has 0 aliphatic heterocycles. The molecule has 1 aromatic carbocycles. The number of hydrogen-bond donors (Lipinski definition) is 1. The van der Waals surface area contributed by atoms with Gasteiger partial charge >= 0.3 is 0 Å². The molecular formula is C12H14BrN3O3S. The second-order valence-electron chi connectivity index (χ2n) is 4.43. The van der Waals surface area contributed by atoms with Gasteiger partial charge < -0.3 is 4.52 Å². The zero-order chi connectivity index (χ0) is 14.9. The molecule has 0 aliphatic carbocycles. The Hall–Kier alpha value is -1.25. The van der Waals surface area contributed by atoms with Crippen LogP contribution in [0.25, 0.3) is 0 Å². The summed E-state index contributed by atoms with van der Waals surface area (Å²) < 4.78 is 32.9. The van der Waals surface area contributed by atoms with Crippen molar-refractivity contribution in [2.75, 3.05) is 0 Å². The van der Waals surface area contributed by atoms with Gasteiger partial charge in [-0.05, 0) is 44.5 Å². The monoisotopic (exact) mass is 359 g/mol. The largest absolute Gasteiger partial charge is 0.338 e. The molecule has 1 atom stereocenters. The molecule has 108 valence electrons. The minimum absolute atomic E-state index is 0.196. The highest BCUT2D eigenvalue weighted by Crippen LogP contribution is 2.21. The summed E-state index contributed by atoms with van der Waals surface area (Å²) in [5.41, 5.74) is 0.842. The molecule has 2 aromatic rings. The number of sulfonamides is 1. The number of hydrogen-bond acceptors (Lipinski definition) is 5. The van der Waals surface area contributed by atoms with Gasteiger partial charge in [0, 0.05) is 4.47 Å². The first-order valence-electron chi connectivity index (χ1n) is 5.88. The van der Waals surface area contributed by atoms with Crippen molar-refractivity contribution >= 4 is 26.0 Å². The summed E-state index contributed by atoms with van der Waals surface area (Å²) >= 11 is 3.34. The first-order valence-corrected chi connectivity index (χ1v) is 8.16. The lowest BCUT2D eigenvalue weighted by molar-refractivity contribution is 0.351. The van der Waals surface area contributed by atoms with Crippen LogP contribution in [0.1, 0.15) is 30.2 Å². The predicted octanol–water partition coefficient (Wildman–Crippen LogP) is 2.49. The second kappa shape index (κ2) is 5.63. The van der Waals surface area contributed by atoms with Gasteiger partial charge in [-0.3, -0.25) is 0 Å². The molecule has 0 bridgehead atoms. The standard InChI is InChI=1S/C12H14BrN3O3S/c1-7-6-10(4-5-11(7)13)20(17,18)16-8(2)12-14-9(3)15-19-12/h4-6,8,16H,1-3H3. The Kier molecular flexibility index (Phi) is 4.26. The molecule has 0 amide bonds. The van der Waals surface area contributed by atoms with Crippen LogP contribution < -0.4 is 4.72 Å². The van der Waals surface area contributed by atoms with E-state index in [0.717, 1.165) is 10.0 Å². The summed E-state index contributed by atoms with van der Waals surface area (Å²) in [6, 6.07) is 4.24. The predicted molar refractivity (Wildman–Crippen MR) is 76.7 cm³/mol. The Balaban J connectivity index is 2.24. The van der Waals surface area contributed by atoms with Crippen molar-refractivity contribution in [3.05, 3.63) is 40.0 Å². The van der Waals surface area contributed by atoms with Crippen LogP contribution in [0.2, 0.25) is 0 Å². The maximum absolute atomic E-state index is 12.3. The molecule has 20 heavy (non-hydrogen) atoms. The SMILES string of the molecule is Cc1noc(C(C)NS(=O)(=O)c2ccc(Br)c(C)c2)n1. The molecule has 1 heterocycles. The van der Waals surface area contributed by atoms with Crippen LogP contribution in [0.4, 0.5) is 0 Å². The number of benzene rings is 1. The smallest absolute Gasteiger partial charge is 0.244 e. The molecule has 1 aromatic heterocycles. The topological polar surface area (TPSA) is 85.1 Å². The van der Waals surface area contributed by atoms with E-state index in [0.29, 0.717) is 5.82 Å². The van der Waals surface area contributed by atoms with Crippen molar-refractivity contribution < 1.29 is 12.9 Å². The minimum Gasteiger partial charge on any atom is -0.338 e. The summed E-state index contributed by atoms with van der Waals surface area (Å²) in [6.07, 6.45) is 0. The molecule has 0 saturated heterocycles. The van der Waals surface area contributed by atoms with E-state index in [1.807, 2.05) is 6.92 Å². The van der Waals surface area contributed by atoms with Crippen molar-refractivity contribution in [2.24, 2.45) is 0 Å². The molecule has 1 N–H and O–H groups in total. The Bertz CT molecular complexity index is 727. The van der Waals surface area contributed by atoms with Gasteiger partial charge in [-0.1, -0.05) is 21.1 Å². The third-order valence-electron chi connectivity index (χ3n) is 2.69. The van der Waals surface area contributed by atoms with Crippen LogP contribution in [0.15, 0.2) is 32.1 Å². The Labute approximate surface area is 125 Å². The molecule has 0 spiro atoms. The molecule has 0 radical (unpaired) electrons. The van der Waals surface area contributed by atoms with E-state index in [1.54, 1.807) is 26.0 Å². The highest BCUT2D eigenvalue weighted by atomic mass is 79.9. The lowest BCUT2D eigenvalue weighted by atomic mass is 10.2. The maximum atomic E-state index is 12.3. The Morgan fingerprint density at radius 3 is 2.60 bits per heavy atom. The number of aromatic nitrogens is 2. The number of nitrogens with zero attached hydrogens (tertiary/aromatic N) is 2. The minimum atomic E-state index is -3.64. The molecule has 6 nitrogen and oxygen atoms in total. The van der Waals surface area contributed by atoms with E-state index in [9.17, 15) is 8.42 Å². The van der Waals surface area contributed by atoms with Gasteiger partial charge in [-0.2, -0.15) is 9.71 Å². The van der Waals surface area contributed by atoms with E-state index in [1.165, 1.54) is 6.07 Å². The van der Waals surface area contributed by atoms with Crippen molar-refractivity contribution in [2.45, 2.75) is 31.7 Å². The molecule has 0 fully saturated rings. The molecule has 0 aliphatic rings. The van der Waals surface area contributed by atoms with E-state index >= 15 is 0 Å². The van der Waals surface area contributed by atoms with Gasteiger partial charge in [0.25, 0.3) is 0 Å². The maximum Gasteiger partial charge on any atom is 0.244 e. The van der Waals surface area contributed by atoms with Crippen LogP contribution in [0.3, 0.4) is 0 Å². The lowest BCUT2D eigenvalue weighted by Gasteiger charge is -2.11. The van der Waals surface area contributed by atoms with Gasteiger partial charge in [0.15, 0.2) is 5.82 Å². The Morgan fingerprint density at radius 2 is 2.05 bits per heavy atom. The van der Waals surface area contributed by atoms with Gasteiger partial charge in [-0.25, -0.2) is 8.42 Å². The van der Waals surface area contributed by atoms with Gasteiger partial charge in [0.05, 0.1) is 10.9 Å². The second-order valence-corrected chi connectivity index (χ2v) is 7.00. The van der Waals surface area contributed by atoms with Crippen LogP contribution in [-0.4, -0.2) is 18.6 Å². The molecule has 0 saturated carbocycles. The van der Waals surface area contributed by atoms with Crippen molar-refractivity contribution in [3.8, 4) is 0 Å². The summed E-state index contributed by atoms with van der Waals surface area (Å²) in [6.45, 7) is 5.15. The molecular weight excluding hydrogens is 346 g/mol. The number of nitrogens with one attached hydrogen (secondary N) is 1. The zero-order valence-corrected chi connectivity index (χ0v) is 13.6. The summed E-state index contributed by atoms with van der Waals surface area (Å²) in [5, 5.41) is 3.64. The first-order chi connectivity index (χ1) is 9.29. The fraction of sp³-hybridized carbons (Fsp3) is 0.333. The number of halogens is 1. The fourth-order valence-electron chi connectivity index (χ4n) is 1.62. The lowest BCUT2D eigenvalue weighted by Crippen LogP contribution is -2.27. The molecule has 1 unspecified atom stereocenters. The average molecular weight is 360 g/mol. The van der Waals surface area contributed by atoms with Crippen LogP contribution in [-0.2, 0) is 10.0 Å². The quantitative estimate of drug-likeness (QED) is 0.906. The van der Waals surface area contributed by atoms with E-state index < -0.39 is 16.1 Å². The fourth-order valence-corrected chi connectivity index (χ4v) is 3.15. The molecule has 8 heteroatoms. The number of rotatable bonds is 4. The molecule has 2 rings (SSSR count). The first kappa shape index (κ1) is 15.1. The van der Waals surface area contributed by atoms with Crippen molar-refractivity contribution in [3.63, 3.8) is 0 Å². The third kappa shape index (κ3) is 3.25. The van der Waals surface area contributed by atoms with Crippen LogP contribution in [0.5, 0.6) is 0 Å². The number of aryl methyl sites for hydroxylation is 2. The third-order valence-corrected chi connectivity index (χ3v) is 5.11. The summed E-state index contributed by atoms with van der Waals surface area (Å²) in [5.74, 6) is 0.699. The van der Waals surface area contributed by atoms with Gasteiger partial charge in [-0.15, -0.1) is 0 Å². The van der Waals surface area contributed by atoms with E-state index in [4.69, 9.17) is 4.52 Å². The van der Waals surface area contributed by atoms with Crippen molar-refractivity contribution in [1.29, 1.82) is 0 Å². The van der Waals surface area contributed by atoms with E-state index in [-0.39, 0.29) is 10.8 Å². The van der Waals surface area contributed by atoms with Gasteiger partial charge in [0.1, 0.15) is 0 Å². The van der Waals surface area contributed by atoms with Crippen LogP contribution >= 0.6 is 15.9 Å². The highest BCUT2D eigenvalue weighted by Gasteiger charge is 2.22. The van der Waals surface area contributed by atoms with Gasteiger partial charge in [0.2, 0.25) is 15.9 Å². The summed E-state index contributed by atoms with van der Waals surface area (Å²) in [7, 11) is -3.64. The highest BCUT2D eigenvalue weighted by molar-refractivity contribution is 9.10. The van der Waals surface area contributed by atoms with E-state index in [2.05, 4.69) is 30.8 Å². The zero-order valence-electron chi connectivity index (χ0n) is 11.2. The van der Waals surface area contributed by atoms with Crippen molar-refractivity contribution in [1.82, 2.24) is 14.9 Å². The average Bonchev–Trinajstić information content (AvgIpc) is 2.79. The normalized spacial score (nSPS) is 13.4. The van der Waals surface area contributed by atoms with Crippen LogP contribution in [0, 0.1) is 13.8 Å². The Morgan fingerprint density at radius 1 is 1.35 bits per heavy atom. The summed E-state index contributed by atoms with van der Waals surface area (Å²) in [4.78, 5) is 4.20.